The van der Waals surface area contributed by atoms with Gasteiger partial charge in [0.2, 0.25) is 5.71 Å². The van der Waals surface area contributed by atoms with E-state index in [-0.39, 0.29) is 5.91 Å². The topological polar surface area (TPSA) is 76.4 Å². The van der Waals surface area contributed by atoms with Crippen LogP contribution < -0.4 is 15.4 Å². The van der Waals surface area contributed by atoms with E-state index in [0.717, 1.165) is 22.3 Å². The normalized spacial score (nSPS) is 10.9. The molecule has 7 heteroatoms. The molecule has 0 aliphatic rings. The smallest absolute Gasteiger partial charge is 0.251 e. The number of carbonyl (C=O) groups is 1. The molecule has 0 saturated carbocycles. The monoisotopic (exact) mass is 381 g/mol. The molecule has 0 unspecified atom stereocenters. The Bertz CT molecular complexity index is 1150. The van der Waals surface area contributed by atoms with Crippen molar-refractivity contribution in [3.63, 3.8) is 0 Å². The van der Waals surface area contributed by atoms with Crippen molar-refractivity contribution in [1.82, 2.24) is 10.3 Å². The van der Waals surface area contributed by atoms with Gasteiger partial charge in [-0.2, -0.15) is 0 Å². The van der Waals surface area contributed by atoms with Crippen molar-refractivity contribution in [1.29, 1.82) is 0 Å². The number of methoxy groups -OCH3 is 1. The van der Waals surface area contributed by atoms with Crippen LogP contribution in [0.4, 0.5) is 11.4 Å². The Kier molecular flexibility index (Phi) is 4.33. The minimum Gasteiger partial charge on any atom is -0.497 e. The number of ether oxygens (including phenoxy) is 1. The Morgan fingerprint density at radius 2 is 1.96 bits per heavy atom. The zero-order chi connectivity index (χ0) is 19.0. The first-order valence-electron chi connectivity index (χ1n) is 8.24. The van der Waals surface area contributed by atoms with Crippen LogP contribution in [0.3, 0.4) is 0 Å². The Labute approximate surface area is 160 Å². The van der Waals surface area contributed by atoms with E-state index in [4.69, 9.17) is 20.8 Å². The Hall–Kier alpha value is -3.25. The van der Waals surface area contributed by atoms with Gasteiger partial charge in [-0.25, -0.2) is 4.98 Å². The maximum Gasteiger partial charge on any atom is 0.251 e. The molecule has 0 fully saturated rings. The minimum absolute atomic E-state index is 0.136. The number of furan rings is 1. The second-order valence-electron chi connectivity index (χ2n) is 5.92. The van der Waals surface area contributed by atoms with Crippen molar-refractivity contribution >= 4 is 50.9 Å². The highest BCUT2D eigenvalue weighted by atomic mass is 35.5. The number of rotatable bonds is 4. The third-order valence-corrected chi connectivity index (χ3v) is 4.59. The number of hydrogen-bond donors (Lipinski definition) is 2. The number of fused-ring (bicyclic) bond motifs is 2. The Balaban J connectivity index is 1.85. The van der Waals surface area contributed by atoms with Gasteiger partial charge in [-0.1, -0.05) is 11.6 Å². The summed E-state index contributed by atoms with van der Waals surface area (Å²) in [6.07, 6.45) is 1.47. The third-order valence-electron chi connectivity index (χ3n) is 4.32. The van der Waals surface area contributed by atoms with Crippen molar-refractivity contribution in [2.45, 2.75) is 0 Å². The van der Waals surface area contributed by atoms with Crippen LogP contribution in [-0.4, -0.2) is 25.0 Å². The molecule has 4 rings (SSSR count). The number of pyridine rings is 1. The number of anilines is 2. The van der Waals surface area contributed by atoms with E-state index in [1.54, 1.807) is 26.3 Å². The van der Waals surface area contributed by atoms with Crippen molar-refractivity contribution < 1.29 is 13.9 Å². The lowest BCUT2D eigenvalue weighted by atomic mass is 10.1. The first-order chi connectivity index (χ1) is 13.1. The molecule has 0 saturated heterocycles. The number of halogens is 1. The fraction of sp³-hybridized carbons (Fsp3) is 0.100. The number of nitrogens with zero attached hydrogens (tertiary/aromatic N) is 1. The van der Waals surface area contributed by atoms with Crippen molar-refractivity contribution in [2.24, 2.45) is 0 Å². The van der Waals surface area contributed by atoms with Gasteiger partial charge in [-0.05, 0) is 36.4 Å². The van der Waals surface area contributed by atoms with Crippen LogP contribution >= 0.6 is 11.6 Å². The van der Waals surface area contributed by atoms with E-state index in [2.05, 4.69) is 15.6 Å². The van der Waals surface area contributed by atoms with Gasteiger partial charge in [0, 0.05) is 29.8 Å². The molecule has 0 aliphatic heterocycles. The highest BCUT2D eigenvalue weighted by Gasteiger charge is 2.16. The maximum atomic E-state index is 11.7. The molecule has 2 aromatic carbocycles. The van der Waals surface area contributed by atoms with Crippen LogP contribution in [0, 0.1) is 0 Å². The van der Waals surface area contributed by atoms with E-state index in [1.807, 2.05) is 30.3 Å². The highest BCUT2D eigenvalue weighted by molar-refractivity contribution is 6.37. The van der Waals surface area contributed by atoms with Crippen molar-refractivity contribution in [3.8, 4) is 5.75 Å². The molecule has 0 spiro atoms. The standard InChI is InChI=1S/C20H16ClN3O3/c1-22-19(25)11-3-5-12(6-4-11)23-18-14-8-7-13(26-2)9-16(14)24-20-17(18)15(21)10-27-20/h3-10H,1-2H3,(H,22,25)(H,23,24). The zero-order valence-corrected chi connectivity index (χ0v) is 15.4. The van der Waals surface area contributed by atoms with Crippen molar-refractivity contribution in [2.75, 3.05) is 19.5 Å². The van der Waals surface area contributed by atoms with Crippen LogP contribution in [0.15, 0.2) is 53.1 Å². The van der Waals surface area contributed by atoms with Crippen LogP contribution in [-0.2, 0) is 0 Å². The van der Waals surface area contributed by atoms with Crippen LogP contribution in [0.5, 0.6) is 5.75 Å². The molecule has 2 aromatic heterocycles. The van der Waals surface area contributed by atoms with Gasteiger partial charge >= 0.3 is 0 Å². The summed E-state index contributed by atoms with van der Waals surface area (Å²) in [5.74, 6) is 0.566. The molecule has 0 bridgehead atoms. The largest absolute Gasteiger partial charge is 0.497 e. The predicted octanol–water partition coefficient (Wildman–Crippen LogP) is 4.75. The number of benzene rings is 2. The molecule has 1 amide bonds. The summed E-state index contributed by atoms with van der Waals surface area (Å²) in [5, 5.41) is 8.03. The first kappa shape index (κ1) is 17.2. The number of hydrogen-bond acceptors (Lipinski definition) is 5. The highest BCUT2D eigenvalue weighted by Crippen LogP contribution is 2.39. The summed E-state index contributed by atoms with van der Waals surface area (Å²) in [6.45, 7) is 0. The lowest BCUT2D eigenvalue weighted by Crippen LogP contribution is -2.17. The third kappa shape index (κ3) is 3.04. The number of carbonyl (C=O) groups excluding carboxylic acids is 1. The summed E-state index contributed by atoms with van der Waals surface area (Å²) in [6, 6.07) is 12.8. The first-order valence-corrected chi connectivity index (χ1v) is 8.62. The lowest BCUT2D eigenvalue weighted by molar-refractivity contribution is 0.0963. The molecule has 2 heterocycles. The molecular weight excluding hydrogens is 366 g/mol. The number of amides is 1. The van der Waals surface area contributed by atoms with Crippen LogP contribution in [0.2, 0.25) is 5.02 Å². The van der Waals surface area contributed by atoms with Gasteiger partial charge in [0.1, 0.15) is 12.0 Å². The zero-order valence-electron chi connectivity index (χ0n) is 14.7. The fourth-order valence-corrected chi connectivity index (χ4v) is 3.17. The summed E-state index contributed by atoms with van der Waals surface area (Å²) in [4.78, 5) is 16.3. The summed E-state index contributed by atoms with van der Waals surface area (Å²) < 4.78 is 10.8. The summed E-state index contributed by atoms with van der Waals surface area (Å²) in [5.41, 5.74) is 3.33. The molecule has 136 valence electrons. The molecule has 0 aliphatic carbocycles. The predicted molar refractivity (Wildman–Crippen MR) is 106 cm³/mol. The fourth-order valence-electron chi connectivity index (χ4n) is 2.95. The SMILES string of the molecule is CNC(=O)c1ccc(Nc2c3ccc(OC)cc3nc3occ(Cl)c23)cc1. The van der Waals surface area contributed by atoms with Gasteiger partial charge in [0.05, 0.1) is 28.7 Å². The second kappa shape index (κ2) is 6.81. The van der Waals surface area contributed by atoms with Gasteiger partial charge in [-0.15, -0.1) is 0 Å². The molecule has 2 N–H and O–H groups in total. The minimum atomic E-state index is -0.136. The maximum absolute atomic E-state index is 11.7. The number of aromatic nitrogens is 1. The summed E-state index contributed by atoms with van der Waals surface area (Å²) >= 11 is 6.34. The van der Waals surface area contributed by atoms with E-state index >= 15 is 0 Å². The molecule has 6 nitrogen and oxygen atoms in total. The molecular formula is C20H16ClN3O3. The average molecular weight is 382 g/mol. The van der Waals surface area contributed by atoms with Gasteiger partial charge in [-0.3, -0.25) is 4.79 Å². The Morgan fingerprint density at radius 3 is 2.67 bits per heavy atom. The molecule has 4 aromatic rings. The van der Waals surface area contributed by atoms with E-state index in [1.165, 1.54) is 6.26 Å². The van der Waals surface area contributed by atoms with Gasteiger partial charge in [0.25, 0.3) is 5.91 Å². The van der Waals surface area contributed by atoms with Gasteiger partial charge < -0.3 is 19.8 Å². The summed E-state index contributed by atoms with van der Waals surface area (Å²) in [7, 11) is 3.21. The van der Waals surface area contributed by atoms with Crippen LogP contribution in [0.1, 0.15) is 10.4 Å². The Morgan fingerprint density at radius 1 is 1.19 bits per heavy atom. The quantitative estimate of drug-likeness (QED) is 0.533. The molecule has 0 atom stereocenters. The molecule has 0 radical (unpaired) electrons. The van der Waals surface area contributed by atoms with Gasteiger partial charge in [0.15, 0.2) is 0 Å². The van der Waals surface area contributed by atoms with Crippen LogP contribution in [0.25, 0.3) is 22.0 Å². The molecule has 27 heavy (non-hydrogen) atoms. The lowest BCUT2D eigenvalue weighted by Gasteiger charge is -2.12. The van der Waals surface area contributed by atoms with E-state index in [9.17, 15) is 4.79 Å². The van der Waals surface area contributed by atoms with E-state index < -0.39 is 0 Å². The van der Waals surface area contributed by atoms with Crippen molar-refractivity contribution in [3.05, 3.63) is 59.3 Å². The number of nitrogens with one attached hydrogen (secondary N) is 2. The van der Waals surface area contributed by atoms with E-state index in [0.29, 0.717) is 27.4 Å². The second-order valence-corrected chi connectivity index (χ2v) is 6.32. The average Bonchev–Trinajstić information content (AvgIpc) is 3.07.